The Kier molecular flexibility index (Phi) is 40.4. The second kappa shape index (κ2) is 42.0. The van der Waals surface area contributed by atoms with E-state index in [1.807, 2.05) is 27.2 Å². The molecule has 0 aromatic heterocycles. The standard InChI is InChI=1S/C51H91N2O6P/c1-6-8-10-12-14-16-18-20-22-24-26-28-30-32-34-36-38-40-42-44-50(54)49(48-59-60(56,57)58-47-46-53(3,4)5)52-51(55)45-43-41-39-37-35-33-31-29-27-25-23-21-19-17-15-13-11-9-7-2/h9,11,15,17,21,23,27,29,33-36,42,44,49-50,54H,6-8,10,12-14,16,18-20,22,24-26,28,30-32,37-41,43,45-48H2,1-5H3,(H-,52,55,56,57)/b11-9-,17-15-,23-21-,29-27-,35-33-,36-34+,44-42+. The third-order valence-corrected chi connectivity index (χ3v) is 11.1. The van der Waals surface area contributed by atoms with Crippen LogP contribution in [0, 0.1) is 0 Å². The molecule has 0 aliphatic rings. The van der Waals surface area contributed by atoms with E-state index in [1.165, 1.54) is 83.5 Å². The maximum Gasteiger partial charge on any atom is 0.268 e. The average molecular weight is 859 g/mol. The summed E-state index contributed by atoms with van der Waals surface area (Å²) >= 11 is 0. The lowest BCUT2D eigenvalue weighted by atomic mass is 10.0. The van der Waals surface area contributed by atoms with Gasteiger partial charge in [-0.1, -0.05) is 182 Å². The Labute approximate surface area is 369 Å². The first kappa shape index (κ1) is 57.7. The number of quaternary nitrogens is 1. The number of hydrogen-bond acceptors (Lipinski definition) is 6. The van der Waals surface area contributed by atoms with Crippen molar-refractivity contribution in [3.63, 3.8) is 0 Å². The summed E-state index contributed by atoms with van der Waals surface area (Å²) in [5.41, 5.74) is 0. The number of carbonyl (C=O) groups excluding carboxylic acids is 1. The number of allylic oxidation sites excluding steroid dienone is 13. The Balaban J connectivity index is 4.51. The van der Waals surface area contributed by atoms with E-state index in [4.69, 9.17) is 9.05 Å². The third-order valence-electron chi connectivity index (χ3n) is 10.1. The van der Waals surface area contributed by atoms with Crippen molar-refractivity contribution in [1.82, 2.24) is 5.32 Å². The van der Waals surface area contributed by atoms with Gasteiger partial charge in [0.25, 0.3) is 7.82 Å². The molecular weight excluding hydrogens is 768 g/mol. The van der Waals surface area contributed by atoms with Crippen LogP contribution in [0.25, 0.3) is 0 Å². The number of unbranched alkanes of at least 4 members (excludes halogenated alkanes) is 17. The number of phosphoric acid groups is 1. The zero-order chi connectivity index (χ0) is 44.3. The highest BCUT2D eigenvalue weighted by Gasteiger charge is 2.23. The molecule has 8 nitrogen and oxygen atoms in total. The molecule has 0 spiro atoms. The van der Waals surface area contributed by atoms with Crippen LogP contribution >= 0.6 is 7.82 Å². The number of aliphatic hydroxyl groups is 1. The van der Waals surface area contributed by atoms with Crippen molar-refractivity contribution in [2.24, 2.45) is 0 Å². The maximum absolute atomic E-state index is 12.9. The van der Waals surface area contributed by atoms with Crippen molar-refractivity contribution < 1.29 is 32.9 Å². The van der Waals surface area contributed by atoms with Crippen molar-refractivity contribution in [3.05, 3.63) is 85.1 Å². The van der Waals surface area contributed by atoms with Gasteiger partial charge >= 0.3 is 0 Å². The molecule has 0 rings (SSSR count). The fraction of sp³-hybridized carbons (Fsp3) is 0.706. The fourth-order valence-corrected chi connectivity index (χ4v) is 7.03. The number of likely N-dealkylation sites (N-methyl/N-ethyl adjacent to an activating group) is 1. The molecule has 0 aliphatic carbocycles. The van der Waals surface area contributed by atoms with Crippen LogP contribution in [0.3, 0.4) is 0 Å². The van der Waals surface area contributed by atoms with Crippen LogP contribution < -0.4 is 10.2 Å². The Morgan fingerprint density at radius 1 is 0.600 bits per heavy atom. The molecule has 0 fully saturated rings. The Morgan fingerprint density at radius 2 is 1.03 bits per heavy atom. The minimum Gasteiger partial charge on any atom is -0.756 e. The highest BCUT2D eigenvalue weighted by Crippen LogP contribution is 2.38. The van der Waals surface area contributed by atoms with Gasteiger partial charge in [0, 0.05) is 6.42 Å². The van der Waals surface area contributed by atoms with E-state index in [0.717, 1.165) is 70.6 Å². The maximum atomic E-state index is 12.9. The first-order valence-corrected chi connectivity index (χ1v) is 25.4. The van der Waals surface area contributed by atoms with Crippen molar-refractivity contribution in [2.75, 3.05) is 40.9 Å². The molecule has 0 aromatic carbocycles. The van der Waals surface area contributed by atoms with Gasteiger partial charge in [-0.15, -0.1) is 0 Å². The first-order chi connectivity index (χ1) is 29.0. The van der Waals surface area contributed by atoms with Gasteiger partial charge in [0.05, 0.1) is 39.9 Å². The molecule has 2 N–H and O–H groups in total. The van der Waals surface area contributed by atoms with Crippen molar-refractivity contribution >= 4 is 13.7 Å². The molecule has 0 heterocycles. The topological polar surface area (TPSA) is 108 Å². The Morgan fingerprint density at radius 3 is 1.55 bits per heavy atom. The van der Waals surface area contributed by atoms with Crippen LogP contribution in [0.1, 0.15) is 181 Å². The minimum absolute atomic E-state index is 0.0176. The lowest BCUT2D eigenvalue weighted by molar-refractivity contribution is -0.870. The molecule has 0 aromatic rings. The van der Waals surface area contributed by atoms with E-state index < -0.39 is 26.6 Å². The van der Waals surface area contributed by atoms with Gasteiger partial charge < -0.3 is 28.8 Å². The summed E-state index contributed by atoms with van der Waals surface area (Å²) in [4.78, 5) is 25.3. The molecule has 9 heteroatoms. The summed E-state index contributed by atoms with van der Waals surface area (Å²) in [5.74, 6) is -0.242. The van der Waals surface area contributed by atoms with Gasteiger partial charge in [-0.3, -0.25) is 9.36 Å². The van der Waals surface area contributed by atoms with Gasteiger partial charge in [-0.25, -0.2) is 0 Å². The monoisotopic (exact) mass is 859 g/mol. The largest absolute Gasteiger partial charge is 0.756 e. The van der Waals surface area contributed by atoms with Gasteiger partial charge in [-0.05, 0) is 77.0 Å². The van der Waals surface area contributed by atoms with Crippen LogP contribution in [-0.4, -0.2) is 68.5 Å². The summed E-state index contributed by atoms with van der Waals surface area (Å²) in [6.45, 7) is 4.47. The summed E-state index contributed by atoms with van der Waals surface area (Å²) in [6, 6.07) is -0.926. The van der Waals surface area contributed by atoms with E-state index in [0.29, 0.717) is 17.4 Å². The molecule has 0 radical (unpaired) electrons. The molecule has 0 saturated carbocycles. The molecular formula is C51H91N2O6P. The minimum atomic E-state index is -4.61. The number of hydrogen-bond donors (Lipinski definition) is 2. The van der Waals surface area contributed by atoms with E-state index in [9.17, 15) is 19.4 Å². The number of nitrogens with zero attached hydrogens (tertiary/aromatic N) is 1. The number of phosphoric ester groups is 1. The van der Waals surface area contributed by atoms with E-state index in [-0.39, 0.29) is 18.9 Å². The van der Waals surface area contributed by atoms with Gasteiger partial charge in [0.15, 0.2) is 0 Å². The van der Waals surface area contributed by atoms with Gasteiger partial charge in [-0.2, -0.15) is 0 Å². The number of rotatable bonds is 42. The smallest absolute Gasteiger partial charge is 0.268 e. The predicted octanol–water partition coefficient (Wildman–Crippen LogP) is 13.1. The second-order valence-corrected chi connectivity index (χ2v) is 18.5. The van der Waals surface area contributed by atoms with E-state index in [2.05, 4.69) is 92.1 Å². The van der Waals surface area contributed by atoms with Crippen LogP contribution in [0.4, 0.5) is 0 Å². The lowest BCUT2D eigenvalue weighted by Crippen LogP contribution is -2.45. The quantitative estimate of drug-likeness (QED) is 0.0274. The number of nitrogens with one attached hydrogen (secondary N) is 1. The molecule has 3 atom stereocenters. The van der Waals surface area contributed by atoms with Crippen LogP contribution in [-0.2, 0) is 18.4 Å². The van der Waals surface area contributed by atoms with Crippen LogP contribution in [0.15, 0.2) is 85.1 Å². The summed E-state index contributed by atoms with van der Waals surface area (Å²) in [6.07, 6.45) is 57.8. The molecule has 0 bridgehead atoms. The molecule has 346 valence electrons. The van der Waals surface area contributed by atoms with Crippen molar-refractivity contribution in [3.8, 4) is 0 Å². The highest BCUT2D eigenvalue weighted by atomic mass is 31.2. The Bertz CT molecular complexity index is 1250. The fourth-order valence-electron chi connectivity index (χ4n) is 6.31. The summed E-state index contributed by atoms with van der Waals surface area (Å²) in [5, 5.41) is 13.8. The van der Waals surface area contributed by atoms with Gasteiger partial charge in [0.2, 0.25) is 5.91 Å². The van der Waals surface area contributed by atoms with Crippen molar-refractivity contribution in [1.29, 1.82) is 0 Å². The molecule has 1 amide bonds. The van der Waals surface area contributed by atoms with Crippen LogP contribution in [0.5, 0.6) is 0 Å². The average Bonchev–Trinajstić information content (AvgIpc) is 3.20. The summed E-state index contributed by atoms with van der Waals surface area (Å²) < 4.78 is 23.2. The lowest BCUT2D eigenvalue weighted by Gasteiger charge is -2.29. The molecule has 0 saturated heterocycles. The highest BCUT2D eigenvalue weighted by molar-refractivity contribution is 7.45. The number of aliphatic hydroxyl groups excluding tert-OH is 1. The van der Waals surface area contributed by atoms with Gasteiger partial charge in [0.1, 0.15) is 13.2 Å². The van der Waals surface area contributed by atoms with Crippen LogP contribution in [0.2, 0.25) is 0 Å². The third kappa shape index (κ3) is 43.8. The molecule has 60 heavy (non-hydrogen) atoms. The zero-order valence-corrected chi connectivity index (χ0v) is 40.0. The number of carbonyl (C=O) groups is 1. The SMILES string of the molecule is CC/C=C\C/C=C\C/C=C\C/C=C\C/C=C\CCCCCC(=O)NC(COP(=O)([O-])OCC[N+](C)(C)C)C(O)/C=C/CC/C=C/CCCCCCCCCCCCCCC. The predicted molar refractivity (Wildman–Crippen MR) is 256 cm³/mol. The van der Waals surface area contributed by atoms with Crippen molar-refractivity contribution in [2.45, 2.75) is 193 Å². The Hall–Kier alpha value is -2.32. The first-order valence-electron chi connectivity index (χ1n) is 23.9. The normalized spacial score (nSPS) is 15.0. The zero-order valence-electron chi connectivity index (χ0n) is 39.1. The second-order valence-electron chi connectivity index (χ2n) is 17.1. The molecule has 3 unspecified atom stereocenters. The van der Waals surface area contributed by atoms with E-state index in [1.54, 1.807) is 6.08 Å². The molecule has 0 aliphatic heterocycles. The summed E-state index contributed by atoms with van der Waals surface area (Å²) in [7, 11) is 1.21. The van der Waals surface area contributed by atoms with E-state index >= 15 is 0 Å². The number of amides is 1.